The molecule has 1 unspecified atom stereocenters. The molecule has 0 spiro atoms. The number of benzene rings is 2. The number of nitrogens with zero attached hydrogens (tertiary/aromatic N) is 2. The minimum Gasteiger partial charge on any atom is -0.744 e. The lowest BCUT2D eigenvalue weighted by Gasteiger charge is -2.23. The lowest BCUT2D eigenvalue weighted by Crippen LogP contribution is -2.34. The molecule has 14 nitrogen and oxygen atoms in total. The molecular formula is C43H62N4O10S2. The molecule has 0 saturated carbocycles. The second kappa shape index (κ2) is 20.5. The standard InChI is InChI=1S/C43H62N4O10S2/c1-7-57-41(50)19-13-10-16-28-47-32(3)43(6,36-30-34(59(54,55)56)21-23-38(36)47)24-14-8-11-17-39(48)44-25-26-45-40(49)18-12-9-15-27-46-31(2)42(4,5)35-29-33(58(51,52)53)20-22-37(35)46/h20-23,29-30H,7-19,24-28H2,1-6H3,(H2-2,44,45,48,49,51,52,53,54,55,56). The molecule has 0 radical (unpaired) electrons. The first-order valence-electron chi connectivity index (χ1n) is 20.8. The lowest BCUT2D eigenvalue weighted by atomic mass is 9.76. The van der Waals surface area contributed by atoms with Crippen LogP contribution >= 0.6 is 0 Å². The predicted octanol–water partition coefficient (Wildman–Crippen LogP) is 5.83. The van der Waals surface area contributed by atoms with E-state index in [4.69, 9.17) is 4.74 Å². The third-order valence-electron chi connectivity index (χ3n) is 12.1. The maximum absolute atomic E-state index is 12.5. The van der Waals surface area contributed by atoms with Gasteiger partial charge < -0.3 is 24.5 Å². The molecule has 0 aliphatic carbocycles. The zero-order chi connectivity index (χ0) is 43.6. The van der Waals surface area contributed by atoms with Gasteiger partial charge in [0.05, 0.1) is 27.2 Å². The van der Waals surface area contributed by atoms with Crippen LogP contribution in [0, 0.1) is 0 Å². The first-order chi connectivity index (χ1) is 27.7. The molecule has 2 N–H and O–H groups in total. The van der Waals surface area contributed by atoms with Gasteiger partial charge in [-0.25, -0.2) is 16.8 Å². The maximum Gasteiger partial charge on any atom is 0.305 e. The summed E-state index contributed by atoms with van der Waals surface area (Å²) in [4.78, 5) is 36.2. The van der Waals surface area contributed by atoms with Crippen LogP contribution in [0.4, 0.5) is 11.4 Å². The van der Waals surface area contributed by atoms with Gasteiger partial charge in [-0.3, -0.25) is 14.4 Å². The van der Waals surface area contributed by atoms with E-state index in [2.05, 4.69) is 26.7 Å². The molecule has 59 heavy (non-hydrogen) atoms. The van der Waals surface area contributed by atoms with Crippen LogP contribution in [-0.2, 0) is 50.2 Å². The molecule has 2 amide bonds. The van der Waals surface area contributed by atoms with E-state index in [0.717, 1.165) is 78.9 Å². The quantitative estimate of drug-likeness (QED) is 0.0559. The van der Waals surface area contributed by atoms with E-state index < -0.39 is 31.1 Å². The molecule has 2 aliphatic rings. The number of carbonyl (C=O) groups is 3. The maximum atomic E-state index is 12.5. The van der Waals surface area contributed by atoms with Crippen molar-refractivity contribution >= 4 is 60.8 Å². The first-order valence-corrected chi connectivity index (χ1v) is 23.7. The minimum absolute atomic E-state index is 0.0809. The van der Waals surface area contributed by atoms with Gasteiger partial charge in [0.25, 0.3) is 0 Å². The average Bonchev–Trinajstić information content (AvgIpc) is 3.49. The number of esters is 1. The van der Waals surface area contributed by atoms with Gasteiger partial charge in [-0.2, -0.15) is 9.15 Å². The van der Waals surface area contributed by atoms with Crippen LogP contribution in [-0.4, -0.2) is 97.1 Å². The third kappa shape index (κ3) is 12.3. The van der Waals surface area contributed by atoms with Gasteiger partial charge in [-0.1, -0.05) is 12.8 Å². The third-order valence-corrected chi connectivity index (χ3v) is 13.7. The van der Waals surface area contributed by atoms with Crippen LogP contribution < -0.4 is 10.6 Å². The van der Waals surface area contributed by atoms with Crippen molar-refractivity contribution in [3.8, 4) is 0 Å². The smallest absolute Gasteiger partial charge is 0.305 e. The second-order valence-electron chi connectivity index (χ2n) is 16.4. The zero-order valence-corrected chi connectivity index (χ0v) is 37.1. The normalized spacial score (nSPS) is 17.2. The molecule has 4 rings (SSSR count). The molecule has 1 atom stereocenters. The summed E-state index contributed by atoms with van der Waals surface area (Å²) < 4.78 is 79.9. The van der Waals surface area contributed by atoms with E-state index in [1.165, 1.54) is 24.3 Å². The Kier molecular flexibility index (Phi) is 16.6. The van der Waals surface area contributed by atoms with Crippen molar-refractivity contribution in [2.24, 2.45) is 0 Å². The number of hydrogen-bond acceptors (Lipinski definition) is 10. The van der Waals surface area contributed by atoms with E-state index in [1.54, 1.807) is 19.1 Å². The monoisotopic (exact) mass is 858 g/mol. The fourth-order valence-electron chi connectivity index (χ4n) is 8.24. The Morgan fingerprint density at radius 1 is 0.644 bits per heavy atom. The van der Waals surface area contributed by atoms with Gasteiger partial charge in [0, 0.05) is 82.3 Å². The Balaban J connectivity index is 1.14. The van der Waals surface area contributed by atoms with Crippen LogP contribution in [0.15, 0.2) is 46.2 Å². The summed E-state index contributed by atoms with van der Waals surface area (Å²) in [5, 5.41) is 5.73. The van der Waals surface area contributed by atoms with Crippen molar-refractivity contribution < 1.29 is 54.2 Å². The van der Waals surface area contributed by atoms with Crippen molar-refractivity contribution in [2.75, 3.05) is 32.8 Å². The Morgan fingerprint density at radius 3 is 1.61 bits per heavy atom. The summed E-state index contributed by atoms with van der Waals surface area (Å²) in [6.07, 6.45) is 8.75. The highest BCUT2D eigenvalue weighted by Crippen LogP contribution is 2.44. The first kappa shape index (κ1) is 47.7. The number of ether oxygens (including phenoxy) is 1. The van der Waals surface area contributed by atoms with Crippen LogP contribution in [0.5, 0.6) is 0 Å². The highest BCUT2D eigenvalue weighted by molar-refractivity contribution is 7.86. The van der Waals surface area contributed by atoms with Gasteiger partial charge in [-0.05, 0) is 90.5 Å². The van der Waals surface area contributed by atoms with Crippen molar-refractivity contribution in [1.29, 1.82) is 0 Å². The number of fused-ring (bicyclic) bond motifs is 2. The van der Waals surface area contributed by atoms with E-state index in [0.29, 0.717) is 71.3 Å². The lowest BCUT2D eigenvalue weighted by molar-refractivity contribution is -0.440. The van der Waals surface area contributed by atoms with Gasteiger partial charge in [-0.15, -0.1) is 0 Å². The predicted molar refractivity (Wildman–Crippen MR) is 223 cm³/mol. The summed E-state index contributed by atoms with van der Waals surface area (Å²) in [5.41, 5.74) is 4.65. The largest absolute Gasteiger partial charge is 0.744 e. The topological polar surface area (TPSA) is 205 Å². The number of unbranched alkanes of at least 4 members (excludes halogenated alkanes) is 6. The Morgan fingerprint density at radius 2 is 1.10 bits per heavy atom. The van der Waals surface area contributed by atoms with Crippen LogP contribution in [0.3, 0.4) is 0 Å². The summed E-state index contributed by atoms with van der Waals surface area (Å²) in [7, 11) is -9.18. The fraction of sp³-hybridized carbons (Fsp3) is 0.605. The van der Waals surface area contributed by atoms with Crippen molar-refractivity contribution in [3.05, 3.63) is 47.5 Å². The second-order valence-corrected chi connectivity index (χ2v) is 19.1. The van der Waals surface area contributed by atoms with E-state index in [1.807, 2.05) is 27.7 Å². The van der Waals surface area contributed by atoms with Crippen LogP contribution in [0.25, 0.3) is 0 Å². The number of amides is 2. The Hall–Kier alpha value is -3.99. The molecule has 0 saturated heterocycles. The van der Waals surface area contributed by atoms with Crippen molar-refractivity contribution in [3.63, 3.8) is 0 Å². The number of carbonyl (C=O) groups excluding carboxylic acids is 3. The summed E-state index contributed by atoms with van der Waals surface area (Å²) in [6.45, 7) is 14.3. The van der Waals surface area contributed by atoms with Crippen molar-refractivity contribution in [1.82, 2.24) is 10.6 Å². The molecule has 2 heterocycles. The summed E-state index contributed by atoms with van der Waals surface area (Å²) >= 11 is 0. The molecular weight excluding hydrogens is 797 g/mol. The summed E-state index contributed by atoms with van der Waals surface area (Å²) in [6, 6.07) is 9.13. The van der Waals surface area contributed by atoms with Gasteiger partial charge >= 0.3 is 5.97 Å². The van der Waals surface area contributed by atoms with Gasteiger partial charge in [0.1, 0.15) is 33.3 Å². The molecule has 16 heteroatoms. The van der Waals surface area contributed by atoms with Gasteiger partial charge in [0.2, 0.25) is 23.2 Å². The Labute approximate surface area is 350 Å². The van der Waals surface area contributed by atoms with Crippen LogP contribution in [0.2, 0.25) is 0 Å². The van der Waals surface area contributed by atoms with Gasteiger partial charge in [0.15, 0.2) is 11.4 Å². The molecule has 0 fully saturated rings. The molecule has 2 aliphatic heterocycles. The SMILES string of the molecule is CCOC(=O)CCCCC[N+]1=C(C)C(C)(CCCCCC(=O)NCCNC(=O)CCCCC[N+]2=C(C)C(C)(C)c3cc(S(=O)(=O)[O-])ccc32)c2cc(S(=O)(=O)[O-])ccc21. The van der Waals surface area contributed by atoms with Crippen LogP contribution in [0.1, 0.15) is 136 Å². The van der Waals surface area contributed by atoms with E-state index in [-0.39, 0.29) is 27.6 Å². The molecule has 2 aromatic carbocycles. The molecule has 0 bridgehead atoms. The number of rotatable bonds is 24. The number of nitrogens with one attached hydrogen (secondary N) is 2. The Bertz CT molecular complexity index is 2160. The fourth-order valence-corrected chi connectivity index (χ4v) is 9.23. The zero-order valence-electron chi connectivity index (χ0n) is 35.5. The van der Waals surface area contributed by atoms with Crippen molar-refractivity contribution in [2.45, 2.75) is 146 Å². The minimum atomic E-state index is -4.64. The number of hydrogen-bond donors (Lipinski definition) is 2. The van der Waals surface area contributed by atoms with E-state index in [9.17, 15) is 40.3 Å². The molecule has 2 aromatic rings. The highest BCUT2D eigenvalue weighted by atomic mass is 32.2. The summed E-state index contributed by atoms with van der Waals surface area (Å²) in [5.74, 6) is -0.377. The highest BCUT2D eigenvalue weighted by Gasteiger charge is 2.46. The van der Waals surface area contributed by atoms with E-state index >= 15 is 0 Å². The average molecular weight is 859 g/mol. The molecule has 326 valence electrons. The molecule has 0 aromatic heterocycles.